The van der Waals surface area contributed by atoms with Gasteiger partial charge in [-0.05, 0) is 12.1 Å². The molecule has 0 bridgehead atoms. The molecule has 1 unspecified atom stereocenters. The zero-order valence-electron chi connectivity index (χ0n) is 18.3. The van der Waals surface area contributed by atoms with E-state index in [1.165, 1.54) is 26.8 Å². The van der Waals surface area contributed by atoms with E-state index in [9.17, 15) is 19.5 Å². The van der Waals surface area contributed by atoms with Crippen LogP contribution in [0.1, 0.15) is 20.8 Å². The van der Waals surface area contributed by atoms with E-state index in [-0.39, 0.29) is 5.76 Å². The van der Waals surface area contributed by atoms with Crippen molar-refractivity contribution in [2.45, 2.75) is 45.5 Å². The van der Waals surface area contributed by atoms with Gasteiger partial charge in [0.05, 0.1) is 0 Å². The predicted molar refractivity (Wildman–Crippen MR) is 112 cm³/mol. The molecule has 2 heterocycles. The third-order valence-electron chi connectivity index (χ3n) is 5.09. The molecule has 10 heteroatoms. The molecule has 1 N–H and O–H groups in total. The Morgan fingerprint density at radius 1 is 0.938 bits per heavy atom. The van der Waals surface area contributed by atoms with Crippen molar-refractivity contribution in [2.75, 3.05) is 31.1 Å². The van der Waals surface area contributed by atoms with Crippen LogP contribution in [0.5, 0.6) is 0 Å². The molecule has 0 aliphatic carbocycles. The second-order valence-electron chi connectivity index (χ2n) is 7.55. The zero-order chi connectivity index (χ0) is 23.3. The third kappa shape index (κ3) is 5.98. The number of esters is 3. The normalized spacial score (nSPS) is 24.6. The highest BCUT2D eigenvalue weighted by molar-refractivity contribution is 5.68. The van der Waals surface area contributed by atoms with Gasteiger partial charge in [0.1, 0.15) is 5.76 Å². The first-order valence-corrected chi connectivity index (χ1v) is 10.4. The van der Waals surface area contributed by atoms with Gasteiger partial charge in [0.15, 0.2) is 12.3 Å². The number of hydrogen-bond acceptors (Lipinski definition) is 10. The number of carbonyl (C=O) groups is 3. The predicted octanol–water partition coefficient (Wildman–Crippen LogP) is 0.794. The summed E-state index contributed by atoms with van der Waals surface area (Å²) < 4.78 is 21.3. The van der Waals surface area contributed by atoms with E-state index in [1.807, 2.05) is 30.3 Å². The minimum absolute atomic E-state index is 0.0547. The SMILES string of the molecule is CC(=O)O[C@@H]1OC(C(O)N2CCN(c3ccccc3)CC2)=C[C@H](OC(C)=O)[C@H]1OC(C)=O. The molecule has 1 fully saturated rings. The van der Waals surface area contributed by atoms with Gasteiger partial charge in [0.2, 0.25) is 6.10 Å². The van der Waals surface area contributed by atoms with E-state index < -0.39 is 42.6 Å². The Labute approximate surface area is 186 Å². The molecule has 4 atom stereocenters. The average Bonchev–Trinajstić information content (AvgIpc) is 2.75. The van der Waals surface area contributed by atoms with Gasteiger partial charge in [-0.15, -0.1) is 0 Å². The quantitative estimate of drug-likeness (QED) is 0.495. The van der Waals surface area contributed by atoms with Crippen LogP contribution in [0.2, 0.25) is 0 Å². The number of aliphatic hydroxyl groups is 1. The zero-order valence-corrected chi connectivity index (χ0v) is 18.3. The largest absolute Gasteiger partial charge is 0.454 e. The van der Waals surface area contributed by atoms with Gasteiger partial charge in [0.25, 0.3) is 6.29 Å². The van der Waals surface area contributed by atoms with Gasteiger partial charge in [0, 0.05) is 58.7 Å². The molecular formula is C22H28N2O8. The fraction of sp³-hybridized carbons (Fsp3) is 0.500. The molecule has 0 aromatic heterocycles. The van der Waals surface area contributed by atoms with Crippen molar-refractivity contribution in [3.8, 4) is 0 Å². The Balaban J connectivity index is 1.75. The lowest BCUT2D eigenvalue weighted by molar-refractivity contribution is -0.228. The van der Waals surface area contributed by atoms with Gasteiger partial charge in [-0.2, -0.15) is 0 Å². The first-order valence-electron chi connectivity index (χ1n) is 10.4. The second-order valence-corrected chi connectivity index (χ2v) is 7.55. The first kappa shape index (κ1) is 23.6. The summed E-state index contributed by atoms with van der Waals surface area (Å²) in [6.45, 7) is 6.01. The summed E-state index contributed by atoms with van der Waals surface area (Å²) in [6.07, 6.45) is -3.46. The van der Waals surface area contributed by atoms with Crippen molar-refractivity contribution in [3.63, 3.8) is 0 Å². The van der Waals surface area contributed by atoms with Crippen LogP contribution in [0.25, 0.3) is 0 Å². The summed E-state index contributed by atoms with van der Waals surface area (Å²) in [6, 6.07) is 9.96. The Kier molecular flexibility index (Phi) is 7.70. The summed E-state index contributed by atoms with van der Waals surface area (Å²) >= 11 is 0. The topological polar surface area (TPSA) is 115 Å². The maximum absolute atomic E-state index is 11.6. The average molecular weight is 448 g/mol. The van der Waals surface area contributed by atoms with Gasteiger partial charge in [-0.3, -0.25) is 19.3 Å². The Bertz CT molecular complexity index is 851. The minimum Gasteiger partial charge on any atom is -0.454 e. The molecule has 0 spiro atoms. The van der Waals surface area contributed by atoms with Gasteiger partial charge in [-0.25, -0.2) is 0 Å². The number of nitrogens with zero attached hydrogens (tertiary/aromatic N) is 2. The van der Waals surface area contributed by atoms with Crippen LogP contribution in [0.4, 0.5) is 5.69 Å². The molecule has 2 aliphatic rings. The molecule has 10 nitrogen and oxygen atoms in total. The first-order chi connectivity index (χ1) is 15.2. The number of hydrogen-bond donors (Lipinski definition) is 1. The second kappa shape index (κ2) is 10.5. The number of piperazine rings is 1. The maximum atomic E-state index is 11.6. The third-order valence-corrected chi connectivity index (χ3v) is 5.09. The molecule has 1 aromatic rings. The Morgan fingerprint density at radius 2 is 1.53 bits per heavy atom. The number of benzene rings is 1. The van der Waals surface area contributed by atoms with E-state index in [4.69, 9.17) is 18.9 Å². The van der Waals surface area contributed by atoms with E-state index in [1.54, 1.807) is 4.90 Å². The fourth-order valence-corrected chi connectivity index (χ4v) is 3.70. The highest BCUT2D eigenvalue weighted by Gasteiger charge is 2.44. The lowest BCUT2D eigenvalue weighted by atomic mass is 10.1. The number of ether oxygens (including phenoxy) is 4. The summed E-state index contributed by atoms with van der Waals surface area (Å²) in [5.41, 5.74) is 1.10. The monoisotopic (exact) mass is 448 g/mol. The molecule has 3 rings (SSSR count). The summed E-state index contributed by atoms with van der Waals surface area (Å²) in [5, 5.41) is 11.0. The summed E-state index contributed by atoms with van der Waals surface area (Å²) in [5.74, 6) is -1.92. The van der Waals surface area contributed by atoms with E-state index in [2.05, 4.69) is 4.90 Å². The van der Waals surface area contributed by atoms with Gasteiger partial charge < -0.3 is 29.0 Å². The van der Waals surface area contributed by atoms with Crippen molar-refractivity contribution in [1.82, 2.24) is 4.90 Å². The highest BCUT2D eigenvalue weighted by Crippen LogP contribution is 2.28. The lowest BCUT2D eigenvalue weighted by Gasteiger charge is -2.41. The number of anilines is 1. The summed E-state index contributed by atoms with van der Waals surface area (Å²) in [7, 11) is 0. The molecule has 0 amide bonds. The molecule has 0 radical (unpaired) electrons. The van der Waals surface area contributed by atoms with Gasteiger partial charge >= 0.3 is 17.9 Å². The van der Waals surface area contributed by atoms with Crippen LogP contribution < -0.4 is 4.90 Å². The molecule has 174 valence electrons. The van der Waals surface area contributed by atoms with Crippen LogP contribution in [0.3, 0.4) is 0 Å². The van der Waals surface area contributed by atoms with Crippen molar-refractivity contribution < 1.29 is 38.4 Å². The molecule has 0 saturated carbocycles. The summed E-state index contributed by atoms with van der Waals surface area (Å²) in [4.78, 5) is 38.7. The molecule has 32 heavy (non-hydrogen) atoms. The lowest BCUT2D eigenvalue weighted by Crippen LogP contribution is -2.54. The van der Waals surface area contributed by atoms with Crippen LogP contribution in [0.15, 0.2) is 42.2 Å². The van der Waals surface area contributed by atoms with Crippen molar-refractivity contribution in [1.29, 1.82) is 0 Å². The standard InChI is InChI=1S/C22H28N2O8/c1-14(25)29-18-13-19(32-22(31-16(3)27)20(18)30-15(2)26)21(28)24-11-9-23(10-12-24)17-7-5-4-6-8-17/h4-8,13,18,20-22,28H,9-12H2,1-3H3/t18-,20+,21?,22+/m0/s1. The van der Waals surface area contributed by atoms with Crippen LogP contribution >= 0.6 is 0 Å². The van der Waals surface area contributed by atoms with E-state index in [0.717, 1.165) is 5.69 Å². The number of carbonyl (C=O) groups excluding carboxylic acids is 3. The van der Waals surface area contributed by atoms with Crippen LogP contribution in [0, 0.1) is 0 Å². The Morgan fingerprint density at radius 3 is 2.09 bits per heavy atom. The minimum atomic E-state index is -1.37. The smallest absolute Gasteiger partial charge is 0.305 e. The number of rotatable bonds is 6. The fourth-order valence-electron chi connectivity index (χ4n) is 3.70. The molecule has 1 saturated heterocycles. The molecular weight excluding hydrogens is 420 g/mol. The van der Waals surface area contributed by atoms with Crippen LogP contribution in [-0.4, -0.2) is 78.8 Å². The van der Waals surface area contributed by atoms with Crippen LogP contribution in [-0.2, 0) is 33.3 Å². The van der Waals surface area contributed by atoms with E-state index in [0.29, 0.717) is 26.2 Å². The van der Waals surface area contributed by atoms with Crippen molar-refractivity contribution in [3.05, 3.63) is 42.2 Å². The maximum Gasteiger partial charge on any atom is 0.305 e. The van der Waals surface area contributed by atoms with E-state index >= 15 is 0 Å². The van der Waals surface area contributed by atoms with Crippen molar-refractivity contribution in [2.24, 2.45) is 0 Å². The van der Waals surface area contributed by atoms with Gasteiger partial charge in [-0.1, -0.05) is 18.2 Å². The Hall–Kier alpha value is -3.11. The van der Waals surface area contributed by atoms with Crippen molar-refractivity contribution >= 4 is 23.6 Å². The number of aliphatic hydroxyl groups excluding tert-OH is 1. The molecule has 1 aromatic carbocycles. The molecule has 2 aliphatic heterocycles. The highest BCUT2D eigenvalue weighted by atomic mass is 16.7. The number of para-hydroxylation sites is 1.